The van der Waals surface area contributed by atoms with E-state index < -0.39 is 41.8 Å². The summed E-state index contributed by atoms with van der Waals surface area (Å²) in [5.41, 5.74) is 24.4. The SMILES string of the molecule is NCCCC[C@H](NC(=O)[C@H](CCCN=C(N)N)NC(=O)/C=C/c1ccc(Cl)cc1)C(=O)N[C@@H](C(N)=O)c1ccc(OCc2ccccc2)cc1. The molecule has 0 fully saturated rings. The van der Waals surface area contributed by atoms with Crippen LogP contribution in [0.2, 0.25) is 5.02 Å². The molecule has 3 atom stereocenters. The summed E-state index contributed by atoms with van der Waals surface area (Å²) in [6.07, 6.45) is 4.72. The van der Waals surface area contributed by atoms with Crippen LogP contribution in [0.5, 0.6) is 5.75 Å². The van der Waals surface area contributed by atoms with Gasteiger partial charge < -0.3 is 43.6 Å². The number of nitrogens with one attached hydrogen (secondary N) is 3. The molecule has 0 unspecified atom stereocenters. The molecular formula is C36H45ClN8O5. The Morgan fingerprint density at radius 2 is 1.42 bits per heavy atom. The summed E-state index contributed by atoms with van der Waals surface area (Å²) < 4.78 is 5.82. The van der Waals surface area contributed by atoms with Crippen molar-refractivity contribution in [2.24, 2.45) is 27.9 Å². The number of hydrogen-bond donors (Lipinski definition) is 7. The van der Waals surface area contributed by atoms with Crippen molar-refractivity contribution in [2.75, 3.05) is 13.1 Å². The van der Waals surface area contributed by atoms with Crippen LogP contribution in [0.25, 0.3) is 6.08 Å². The highest BCUT2D eigenvalue weighted by Crippen LogP contribution is 2.20. The number of carbonyl (C=O) groups is 4. The minimum Gasteiger partial charge on any atom is -0.489 e. The predicted octanol–water partition coefficient (Wildman–Crippen LogP) is 2.43. The minimum absolute atomic E-state index is 0.101. The van der Waals surface area contributed by atoms with Crippen molar-refractivity contribution in [1.82, 2.24) is 16.0 Å². The molecule has 0 aliphatic carbocycles. The number of halogens is 1. The number of amides is 4. The van der Waals surface area contributed by atoms with Gasteiger partial charge in [0.05, 0.1) is 0 Å². The smallest absolute Gasteiger partial charge is 0.244 e. The average molecular weight is 705 g/mol. The molecule has 0 aromatic heterocycles. The molecule has 3 aromatic carbocycles. The first kappa shape index (κ1) is 39.0. The molecule has 0 saturated heterocycles. The van der Waals surface area contributed by atoms with Crippen LogP contribution in [-0.4, -0.2) is 54.8 Å². The fourth-order valence-corrected chi connectivity index (χ4v) is 4.96. The summed E-state index contributed by atoms with van der Waals surface area (Å²) in [7, 11) is 0. The van der Waals surface area contributed by atoms with Gasteiger partial charge in [-0.1, -0.05) is 66.2 Å². The lowest BCUT2D eigenvalue weighted by Gasteiger charge is -2.25. The van der Waals surface area contributed by atoms with E-state index in [2.05, 4.69) is 20.9 Å². The Balaban J connectivity index is 1.72. The van der Waals surface area contributed by atoms with Gasteiger partial charge in [0.1, 0.15) is 30.5 Å². The van der Waals surface area contributed by atoms with E-state index >= 15 is 0 Å². The van der Waals surface area contributed by atoms with Crippen LogP contribution in [0.15, 0.2) is 89.9 Å². The fraction of sp³-hybridized carbons (Fsp3) is 0.306. The molecule has 0 spiro atoms. The number of ether oxygens (including phenoxy) is 1. The van der Waals surface area contributed by atoms with Crippen molar-refractivity contribution in [2.45, 2.75) is 56.8 Å². The molecule has 4 amide bonds. The highest BCUT2D eigenvalue weighted by molar-refractivity contribution is 6.30. The number of rotatable bonds is 20. The molecule has 0 heterocycles. The number of unbranched alkanes of at least 4 members (excludes halogenated alkanes) is 1. The van der Waals surface area contributed by atoms with Crippen molar-refractivity contribution < 1.29 is 23.9 Å². The largest absolute Gasteiger partial charge is 0.489 e. The van der Waals surface area contributed by atoms with Crippen LogP contribution < -0.4 is 43.6 Å². The molecule has 0 bridgehead atoms. The molecule has 0 saturated carbocycles. The van der Waals surface area contributed by atoms with Crippen LogP contribution in [-0.2, 0) is 25.8 Å². The molecule has 50 heavy (non-hydrogen) atoms. The Morgan fingerprint density at radius 1 is 0.780 bits per heavy atom. The van der Waals surface area contributed by atoms with E-state index in [0.717, 1.165) is 11.1 Å². The molecule has 0 radical (unpaired) electrons. The first-order chi connectivity index (χ1) is 24.0. The number of carbonyl (C=O) groups excluding carboxylic acids is 4. The first-order valence-electron chi connectivity index (χ1n) is 16.2. The molecule has 11 N–H and O–H groups in total. The molecule has 266 valence electrons. The number of aliphatic imine (C=N–C) groups is 1. The average Bonchev–Trinajstić information content (AvgIpc) is 3.10. The number of benzene rings is 3. The van der Waals surface area contributed by atoms with Crippen LogP contribution in [0.3, 0.4) is 0 Å². The van der Waals surface area contributed by atoms with Crippen LogP contribution in [0.1, 0.15) is 54.8 Å². The Hall–Kier alpha value is -5.40. The van der Waals surface area contributed by atoms with Gasteiger partial charge in [-0.2, -0.15) is 0 Å². The molecule has 0 aliphatic heterocycles. The predicted molar refractivity (Wildman–Crippen MR) is 194 cm³/mol. The van der Waals surface area contributed by atoms with E-state index in [0.29, 0.717) is 48.7 Å². The summed E-state index contributed by atoms with van der Waals surface area (Å²) in [6.45, 7) is 0.961. The lowest BCUT2D eigenvalue weighted by Crippen LogP contribution is -2.54. The third kappa shape index (κ3) is 14.0. The fourth-order valence-electron chi connectivity index (χ4n) is 4.83. The van der Waals surface area contributed by atoms with Gasteiger partial charge in [0, 0.05) is 17.6 Å². The zero-order valence-electron chi connectivity index (χ0n) is 27.7. The number of primary amides is 1. The summed E-state index contributed by atoms with van der Waals surface area (Å²) in [6, 6.07) is 19.8. The second-order valence-electron chi connectivity index (χ2n) is 11.4. The summed E-state index contributed by atoms with van der Waals surface area (Å²) >= 11 is 5.94. The van der Waals surface area contributed by atoms with Crippen LogP contribution >= 0.6 is 11.6 Å². The quantitative estimate of drug-likeness (QED) is 0.0399. The lowest BCUT2D eigenvalue weighted by molar-refractivity contribution is -0.133. The van der Waals surface area contributed by atoms with Gasteiger partial charge in [0.2, 0.25) is 23.6 Å². The summed E-state index contributed by atoms with van der Waals surface area (Å²) in [4.78, 5) is 56.5. The number of guanidine groups is 1. The standard InChI is InChI=1S/C36H45ClN8O5/c37-27-16-11-24(12-17-27)13-20-31(46)43-29(10-6-22-42-36(40)41)34(48)44-30(9-4-5-21-38)35(49)45-32(33(39)47)26-14-18-28(19-15-26)50-23-25-7-2-1-3-8-25/h1-3,7-8,11-20,29-30,32H,4-6,9-10,21-23,38H2,(H2,39,47)(H,43,46)(H,44,48)(H,45,49)(H4,40,41,42)/b20-13+/t29-,30-,32+/m0/s1. The third-order valence-corrected chi connectivity index (χ3v) is 7.74. The Labute approximate surface area is 296 Å². The maximum Gasteiger partial charge on any atom is 0.244 e. The van der Waals surface area contributed by atoms with Gasteiger partial charge in [-0.15, -0.1) is 0 Å². The summed E-state index contributed by atoms with van der Waals surface area (Å²) in [5.74, 6) is -2.09. The van der Waals surface area contributed by atoms with Gasteiger partial charge in [-0.05, 0) is 85.7 Å². The number of nitrogens with zero attached hydrogens (tertiary/aromatic N) is 1. The monoisotopic (exact) mass is 704 g/mol. The zero-order valence-corrected chi connectivity index (χ0v) is 28.5. The van der Waals surface area contributed by atoms with Crippen LogP contribution in [0, 0.1) is 0 Å². The van der Waals surface area contributed by atoms with Crippen molar-refractivity contribution in [1.29, 1.82) is 0 Å². The van der Waals surface area contributed by atoms with Crippen molar-refractivity contribution in [3.8, 4) is 5.75 Å². The van der Waals surface area contributed by atoms with Crippen LogP contribution in [0.4, 0.5) is 0 Å². The van der Waals surface area contributed by atoms with Gasteiger partial charge in [0.25, 0.3) is 0 Å². The lowest BCUT2D eigenvalue weighted by atomic mass is 10.0. The Morgan fingerprint density at radius 3 is 2.06 bits per heavy atom. The highest BCUT2D eigenvalue weighted by Gasteiger charge is 2.29. The van der Waals surface area contributed by atoms with Gasteiger partial charge in [-0.3, -0.25) is 24.2 Å². The second-order valence-corrected chi connectivity index (χ2v) is 11.9. The molecule has 14 heteroatoms. The summed E-state index contributed by atoms with van der Waals surface area (Å²) in [5, 5.41) is 8.67. The van der Waals surface area contributed by atoms with E-state index in [1.807, 2.05) is 30.3 Å². The Kier molecular flexibility index (Phi) is 16.3. The van der Waals surface area contributed by atoms with E-state index in [1.54, 1.807) is 54.6 Å². The molecule has 3 rings (SSSR count). The van der Waals surface area contributed by atoms with Crippen molar-refractivity contribution in [3.05, 3.63) is 107 Å². The van der Waals surface area contributed by atoms with E-state index in [1.165, 1.54) is 6.08 Å². The first-order valence-corrected chi connectivity index (χ1v) is 16.6. The van der Waals surface area contributed by atoms with E-state index in [-0.39, 0.29) is 25.3 Å². The van der Waals surface area contributed by atoms with Gasteiger partial charge in [-0.25, -0.2) is 0 Å². The third-order valence-electron chi connectivity index (χ3n) is 7.49. The normalized spacial score (nSPS) is 12.7. The number of nitrogens with two attached hydrogens (primary N) is 4. The molecule has 13 nitrogen and oxygen atoms in total. The highest BCUT2D eigenvalue weighted by atomic mass is 35.5. The zero-order chi connectivity index (χ0) is 36.3. The molecule has 0 aliphatic rings. The van der Waals surface area contributed by atoms with Crippen molar-refractivity contribution in [3.63, 3.8) is 0 Å². The van der Waals surface area contributed by atoms with Gasteiger partial charge in [0.15, 0.2) is 5.96 Å². The number of hydrogen-bond acceptors (Lipinski definition) is 7. The van der Waals surface area contributed by atoms with E-state index in [4.69, 9.17) is 39.3 Å². The maximum absolute atomic E-state index is 13.6. The maximum atomic E-state index is 13.6. The van der Waals surface area contributed by atoms with Crippen molar-refractivity contribution >= 4 is 47.3 Å². The van der Waals surface area contributed by atoms with E-state index in [9.17, 15) is 19.2 Å². The molecular weight excluding hydrogens is 660 g/mol. The Bertz CT molecular complexity index is 1600. The topological polar surface area (TPSA) is 230 Å². The van der Waals surface area contributed by atoms with Gasteiger partial charge >= 0.3 is 0 Å². The minimum atomic E-state index is -1.19. The second kappa shape index (κ2) is 20.9. The molecule has 3 aromatic rings.